The molecule has 0 atom stereocenters. The Bertz CT molecular complexity index is 352. The number of benzene rings is 1. The Hall–Kier alpha value is 0.180. The summed E-state index contributed by atoms with van der Waals surface area (Å²) < 4.78 is 0. The summed E-state index contributed by atoms with van der Waals surface area (Å²) in [5.41, 5.74) is 3.12. The maximum Gasteiger partial charge on any atom is 0.0152 e. The topological polar surface area (TPSA) is 0 Å². The minimum Gasteiger partial charge on any atom is -0.0918 e. The molecule has 0 aliphatic heterocycles. The lowest BCUT2D eigenvalue weighted by Crippen LogP contribution is -2.33. The third-order valence-electron chi connectivity index (χ3n) is 4.06. The molecule has 102 valence electrons. The van der Waals surface area contributed by atoms with E-state index in [-0.39, 0.29) is 5.41 Å². The van der Waals surface area contributed by atoms with Crippen molar-refractivity contribution in [3.05, 3.63) is 35.4 Å². The number of rotatable bonds is 7. The summed E-state index contributed by atoms with van der Waals surface area (Å²) in [6, 6.07) is 8.81. The minimum absolute atomic E-state index is 0.224. The Morgan fingerprint density at radius 2 is 1.61 bits per heavy atom. The molecule has 1 rings (SSSR count). The third kappa shape index (κ3) is 3.60. The van der Waals surface area contributed by atoms with Gasteiger partial charge in [-0.15, -0.1) is 0 Å². The molecule has 1 aromatic carbocycles. The van der Waals surface area contributed by atoms with Crippen LogP contribution in [0.5, 0.6) is 0 Å². The fourth-order valence-electron chi connectivity index (χ4n) is 2.70. The van der Waals surface area contributed by atoms with Gasteiger partial charge in [-0.25, -0.2) is 0 Å². The summed E-state index contributed by atoms with van der Waals surface area (Å²) in [5.74, 6) is 0.805. The fraction of sp³-hybridized carbons (Fsp3) is 0.625. The molecule has 0 aliphatic carbocycles. The van der Waals surface area contributed by atoms with E-state index in [1.54, 1.807) is 0 Å². The molecule has 0 aliphatic rings. The predicted molar refractivity (Wildman–Crippen MR) is 89.1 cm³/mol. The standard InChI is InChI=1S/C16H24Br2/c1-4-14(5-2)10-16(11-17,12-18)15-9-7-6-8-13(15)3/h6-9,14H,4-5,10-12H2,1-3H3. The SMILES string of the molecule is CCC(CC)CC(CBr)(CBr)c1ccccc1C. The smallest absolute Gasteiger partial charge is 0.0152 e. The van der Waals surface area contributed by atoms with Crippen molar-refractivity contribution < 1.29 is 0 Å². The highest BCUT2D eigenvalue weighted by atomic mass is 79.9. The average molecular weight is 376 g/mol. The van der Waals surface area contributed by atoms with Gasteiger partial charge in [-0.05, 0) is 30.4 Å². The van der Waals surface area contributed by atoms with Crippen LogP contribution in [0, 0.1) is 12.8 Å². The van der Waals surface area contributed by atoms with Crippen LogP contribution in [0.3, 0.4) is 0 Å². The van der Waals surface area contributed by atoms with Gasteiger partial charge < -0.3 is 0 Å². The molecule has 0 fully saturated rings. The van der Waals surface area contributed by atoms with Gasteiger partial charge in [-0.1, -0.05) is 82.8 Å². The number of hydrogen-bond acceptors (Lipinski definition) is 0. The molecule has 0 N–H and O–H groups in total. The summed E-state index contributed by atoms with van der Waals surface area (Å²) in [5, 5.41) is 2.04. The molecular formula is C16H24Br2. The van der Waals surface area contributed by atoms with E-state index in [1.165, 1.54) is 30.4 Å². The first-order valence-electron chi connectivity index (χ1n) is 6.81. The van der Waals surface area contributed by atoms with E-state index in [9.17, 15) is 0 Å². The van der Waals surface area contributed by atoms with Gasteiger partial charge in [0.2, 0.25) is 0 Å². The zero-order chi connectivity index (χ0) is 13.6. The van der Waals surface area contributed by atoms with Crippen molar-refractivity contribution in [2.45, 2.75) is 45.4 Å². The van der Waals surface area contributed by atoms with Gasteiger partial charge >= 0.3 is 0 Å². The second-order valence-corrected chi connectivity index (χ2v) is 6.37. The van der Waals surface area contributed by atoms with Crippen LogP contribution >= 0.6 is 31.9 Å². The summed E-state index contributed by atoms with van der Waals surface area (Å²) in [6.07, 6.45) is 3.79. The molecule has 0 unspecified atom stereocenters. The van der Waals surface area contributed by atoms with Crippen LogP contribution in [0.2, 0.25) is 0 Å². The molecule has 18 heavy (non-hydrogen) atoms. The maximum absolute atomic E-state index is 3.76. The molecule has 0 amide bonds. The maximum atomic E-state index is 3.76. The third-order valence-corrected chi connectivity index (χ3v) is 6.21. The molecule has 0 heterocycles. The van der Waals surface area contributed by atoms with Crippen LogP contribution < -0.4 is 0 Å². The van der Waals surface area contributed by atoms with E-state index in [2.05, 4.69) is 76.9 Å². The highest BCUT2D eigenvalue weighted by Gasteiger charge is 2.33. The van der Waals surface area contributed by atoms with Gasteiger partial charge in [0.15, 0.2) is 0 Å². The molecule has 0 bridgehead atoms. The number of alkyl halides is 2. The molecular weight excluding hydrogens is 352 g/mol. The van der Waals surface area contributed by atoms with Crippen LogP contribution in [-0.4, -0.2) is 10.7 Å². The van der Waals surface area contributed by atoms with Crippen molar-refractivity contribution in [3.8, 4) is 0 Å². The molecule has 0 nitrogen and oxygen atoms in total. The van der Waals surface area contributed by atoms with Crippen LogP contribution in [0.15, 0.2) is 24.3 Å². The Kier molecular flexibility index (Phi) is 6.94. The fourth-order valence-corrected chi connectivity index (χ4v) is 4.69. The van der Waals surface area contributed by atoms with Crippen molar-refractivity contribution in [2.24, 2.45) is 5.92 Å². The molecule has 0 aromatic heterocycles. The zero-order valence-corrected chi connectivity index (χ0v) is 14.9. The quantitative estimate of drug-likeness (QED) is 0.524. The largest absolute Gasteiger partial charge is 0.0918 e. The lowest BCUT2D eigenvalue weighted by Gasteiger charge is -2.35. The van der Waals surface area contributed by atoms with Gasteiger partial charge in [0.05, 0.1) is 0 Å². The van der Waals surface area contributed by atoms with Gasteiger partial charge in [0.1, 0.15) is 0 Å². The Morgan fingerprint density at radius 3 is 2.06 bits per heavy atom. The molecule has 1 aromatic rings. The van der Waals surface area contributed by atoms with Crippen molar-refractivity contribution in [1.29, 1.82) is 0 Å². The Morgan fingerprint density at radius 1 is 1.06 bits per heavy atom. The molecule has 2 heteroatoms. The van der Waals surface area contributed by atoms with Crippen LogP contribution in [0.1, 0.15) is 44.2 Å². The van der Waals surface area contributed by atoms with E-state index >= 15 is 0 Å². The van der Waals surface area contributed by atoms with Gasteiger partial charge in [-0.2, -0.15) is 0 Å². The summed E-state index contributed by atoms with van der Waals surface area (Å²) in [4.78, 5) is 0. The van der Waals surface area contributed by atoms with Crippen molar-refractivity contribution >= 4 is 31.9 Å². The van der Waals surface area contributed by atoms with Crippen molar-refractivity contribution in [1.82, 2.24) is 0 Å². The normalized spacial score (nSPS) is 12.1. The van der Waals surface area contributed by atoms with Gasteiger partial charge in [0, 0.05) is 16.1 Å². The van der Waals surface area contributed by atoms with Crippen LogP contribution in [0.25, 0.3) is 0 Å². The van der Waals surface area contributed by atoms with Crippen LogP contribution in [0.4, 0.5) is 0 Å². The van der Waals surface area contributed by atoms with E-state index in [4.69, 9.17) is 0 Å². The molecule has 0 radical (unpaired) electrons. The van der Waals surface area contributed by atoms with E-state index in [0.717, 1.165) is 16.6 Å². The number of halogens is 2. The van der Waals surface area contributed by atoms with E-state index in [0.29, 0.717) is 0 Å². The predicted octanol–water partition coefficient (Wildman–Crippen LogP) is 5.85. The first kappa shape index (κ1) is 16.2. The highest BCUT2D eigenvalue weighted by Crippen LogP contribution is 2.38. The Labute approximate surface area is 129 Å². The first-order valence-corrected chi connectivity index (χ1v) is 9.05. The summed E-state index contributed by atoms with van der Waals surface area (Å²) in [7, 11) is 0. The average Bonchev–Trinajstić information content (AvgIpc) is 2.42. The molecule has 0 saturated carbocycles. The van der Waals surface area contributed by atoms with Gasteiger partial charge in [-0.3, -0.25) is 0 Å². The second kappa shape index (κ2) is 7.69. The first-order chi connectivity index (χ1) is 8.63. The van der Waals surface area contributed by atoms with Crippen LogP contribution in [-0.2, 0) is 5.41 Å². The number of hydrogen-bond donors (Lipinski definition) is 0. The van der Waals surface area contributed by atoms with E-state index < -0.39 is 0 Å². The Balaban J connectivity index is 3.10. The molecule has 0 saturated heterocycles. The minimum atomic E-state index is 0.224. The monoisotopic (exact) mass is 374 g/mol. The zero-order valence-electron chi connectivity index (χ0n) is 11.7. The number of aryl methyl sites for hydroxylation is 1. The van der Waals surface area contributed by atoms with E-state index in [1.807, 2.05) is 0 Å². The highest BCUT2D eigenvalue weighted by molar-refractivity contribution is 9.09. The van der Waals surface area contributed by atoms with Crippen molar-refractivity contribution in [3.63, 3.8) is 0 Å². The van der Waals surface area contributed by atoms with Crippen molar-refractivity contribution in [2.75, 3.05) is 10.7 Å². The summed E-state index contributed by atoms with van der Waals surface area (Å²) >= 11 is 7.52. The second-order valence-electron chi connectivity index (χ2n) is 5.25. The lowest BCUT2D eigenvalue weighted by molar-refractivity contribution is 0.354. The lowest BCUT2D eigenvalue weighted by atomic mass is 9.74. The molecule has 0 spiro atoms. The van der Waals surface area contributed by atoms with Gasteiger partial charge in [0.25, 0.3) is 0 Å². The summed E-state index contributed by atoms with van der Waals surface area (Å²) in [6.45, 7) is 6.83.